The Labute approximate surface area is 4230 Å². The second-order valence-electron chi connectivity index (χ2n) is 0. The van der Waals surface area contributed by atoms with Gasteiger partial charge in [0.05, 0.1) is 0 Å². The standard InChI is InChI=1S/BS.141U/c1-2;;;;;;;;;;;;;;;;;;;;;;;;;;;;;;;;;;;;;;;;;;;;;;;;;;;;;;;;;;;;;;;;;;;;;;;;;;;;;;;;;;;;;;;;;;;;;;;;;;;;;;;;;;;;;;;;;;;;;;;;;;;;;;;;;;;;;;;;;;;;;. The molecule has 0 unspecified atom stereocenters. The van der Waals surface area contributed by atoms with Crippen molar-refractivity contribution in [1.82, 2.24) is 0 Å². The first-order valence-corrected chi connectivity index (χ1v) is 0.707. The van der Waals surface area contributed by atoms with E-state index in [1.165, 1.54) is 0 Å². The summed E-state index contributed by atoms with van der Waals surface area (Å²) < 4.78 is 0. The van der Waals surface area contributed by atoms with Gasteiger partial charge >= 0.3 is 18.8 Å². The largest absolute Gasteiger partial charge is 0 e. The second-order valence-corrected chi connectivity index (χ2v) is 0. The molecule has 0 aliphatic rings. The fourth-order valence-electron chi connectivity index (χ4n) is 0. The third-order valence-electron chi connectivity index (χ3n) is 0. The Morgan fingerprint density at radius 3 is 0.0280 bits per heavy atom. The maximum atomic E-state index is 4.08. The molecule has 0 aromatic carbocycles. The fraction of sp³-hybridized carbons (Fsp3) is 0. The third-order valence-corrected chi connectivity index (χ3v) is 0. The Balaban J connectivity index is -0.000000000000507. The molecule has 143 heteroatoms. The zero-order valence-corrected chi connectivity index (χ0v) is 659. The van der Waals surface area contributed by atoms with Crippen LogP contribution in [-0.2, 0) is 0 Å². The molecule has 0 aromatic rings. The molecule has 0 bridgehead atoms. The van der Waals surface area contributed by atoms with Gasteiger partial charge in [0, 0.05) is 4390 Å². The maximum absolute atomic E-state index is 4.08. The fourth-order valence-corrected chi connectivity index (χ4v) is 0. The van der Waals surface area contributed by atoms with Crippen molar-refractivity contribution in [2.24, 2.45) is 0 Å². The van der Waals surface area contributed by atoms with E-state index in [1.807, 2.05) is 0 Å². The quantitative estimate of drug-likeness (QED) is 0.315. The minimum absolute atomic E-state index is 0. The van der Waals surface area contributed by atoms with E-state index in [0.29, 0.717) is 0 Å². The van der Waals surface area contributed by atoms with Crippen molar-refractivity contribution >= 4 is 18.8 Å². The predicted octanol–water partition coefficient (Wildman–Crippen LogP) is 0.267. The van der Waals surface area contributed by atoms with Gasteiger partial charge in [-0.3, -0.25) is 0 Å². The van der Waals surface area contributed by atoms with E-state index in [2.05, 4.69) is 18.8 Å². The van der Waals surface area contributed by atoms with E-state index in [0.717, 1.165) is 0 Å². The van der Waals surface area contributed by atoms with Gasteiger partial charge in [0.25, 0.3) is 0 Å². The minimum atomic E-state index is 0. The molecule has 1 radical (unpaired) electrons. The molecule has 0 atom stereocenters. The van der Waals surface area contributed by atoms with Crippen molar-refractivity contribution < 1.29 is 4390 Å². The summed E-state index contributed by atoms with van der Waals surface area (Å²) in [5.74, 6) is 0. The van der Waals surface area contributed by atoms with E-state index < -0.39 is 0 Å². The van der Waals surface area contributed by atoms with Gasteiger partial charge in [0.2, 0.25) is 0 Å². The maximum Gasteiger partial charge on any atom is 0 e. The van der Waals surface area contributed by atoms with Crippen molar-refractivity contribution in [1.29, 1.82) is 0 Å². The summed E-state index contributed by atoms with van der Waals surface area (Å²) in [6.07, 6.45) is 0. The van der Waals surface area contributed by atoms with E-state index in [9.17, 15) is 0 Å². The van der Waals surface area contributed by atoms with Gasteiger partial charge in [-0.1, -0.05) is 0 Å². The third kappa shape index (κ3) is 1100. The van der Waals surface area contributed by atoms with Crippen LogP contribution in [0.2, 0.25) is 0 Å². The number of hydrogen-bond acceptors (Lipinski definition) is 1. The Morgan fingerprint density at radius 1 is 0.0280 bits per heavy atom. The predicted molar refractivity (Wildman–Crippen MR) is 13.3 cm³/mol. The van der Waals surface area contributed by atoms with Crippen molar-refractivity contribution in [3.63, 3.8) is 0 Å². The monoisotopic (exact) mass is 33600 g/mol. The topological polar surface area (TPSA) is 0 Å². The molecule has 0 heterocycles. The second kappa shape index (κ2) is 1100. The molecule has 0 aliphatic carbocycles. The van der Waals surface area contributed by atoms with Crippen LogP contribution in [0.15, 0.2) is 0 Å². The molecular weight excluding hydrogens is 33600 g/mol. The molecule has 0 rings (SSSR count). The Morgan fingerprint density at radius 2 is 0.0280 bits per heavy atom. The van der Waals surface area contributed by atoms with Gasteiger partial charge in [-0.05, 0) is 0 Å². The van der Waals surface area contributed by atoms with E-state index in [1.54, 1.807) is 0 Å². The van der Waals surface area contributed by atoms with Gasteiger partial charge in [-0.25, -0.2) is 0 Å². The van der Waals surface area contributed by atoms with E-state index in [4.69, 9.17) is 0 Å². The van der Waals surface area contributed by atoms with E-state index >= 15 is 0 Å². The molecule has 0 fully saturated rings. The molecule has 143 heavy (non-hydrogen) atoms. The smallest absolute Gasteiger partial charge is 0 e. The summed E-state index contributed by atoms with van der Waals surface area (Å²) in [4.78, 5) is 0. The van der Waals surface area contributed by atoms with Crippen molar-refractivity contribution in [2.45, 2.75) is 0 Å². The average Bonchev–Trinajstić information content (AvgIpc) is 1.00. The summed E-state index contributed by atoms with van der Waals surface area (Å²) >= 11 is 3.58. The zero-order valence-electron chi connectivity index (χ0n) is 71.5. The van der Waals surface area contributed by atoms with Crippen molar-refractivity contribution in [3.8, 4) is 0 Å². The molecule has 0 nitrogen and oxygen atoms in total. The van der Waals surface area contributed by atoms with E-state index in [-0.39, 0.29) is 4390 Å². The molecular formula is BSU141. The van der Waals surface area contributed by atoms with Crippen LogP contribution in [0.25, 0.3) is 0 Å². The van der Waals surface area contributed by atoms with Crippen LogP contribution in [0.4, 0.5) is 0 Å². The Hall–Kier alpha value is 149. The summed E-state index contributed by atoms with van der Waals surface area (Å²) in [5.41, 5.74) is 0. The number of hydrogen-bond donors (Lipinski definition) is 0. The van der Waals surface area contributed by atoms with Crippen LogP contribution < -0.4 is 0 Å². The SMILES string of the molecule is [B]=S.[U].[U].[U].[U].[U].[U].[U].[U].[U].[U].[U].[U].[U].[U].[U].[U].[U].[U].[U].[U].[U].[U].[U].[U].[U].[U].[U].[U].[U].[U].[U].[U].[U].[U].[U].[U].[U].[U].[U].[U].[U].[U].[U].[U].[U].[U].[U].[U].[U].[U].[U].[U].[U].[U].[U].[U].[U].[U].[U].[U].[U].[U].[U].[U].[U].[U].[U].[U].[U].[U].[U].[U].[U].[U].[U].[U].[U].[U].[U].[U].[U].[U].[U].[U].[U].[U].[U].[U].[U].[U].[U].[U].[U].[U].[U].[U].[U].[U].[U].[U].[U].[U].[U].[U].[U].[U].[U].[U].[U].[U].[U].[U].[U].[U].[U].[U].[U].[U].[U].[U].[U].[U].[U].[U].[U].[U].[U].[U].[U].[U].[U].[U].[U].[U].[U].[U].[U].[U].[U].[U].[U]. The van der Waals surface area contributed by atoms with Crippen LogP contribution >= 0.6 is 12.1 Å². The number of rotatable bonds is 0. The molecule has 0 saturated carbocycles. The van der Waals surface area contributed by atoms with Gasteiger partial charge in [-0.2, -0.15) is 0 Å². The first kappa shape index (κ1) is 1100. The van der Waals surface area contributed by atoms with Gasteiger partial charge < -0.3 is 0 Å². The Bertz CT molecular complexity index is 17.2. The summed E-state index contributed by atoms with van der Waals surface area (Å²) in [7, 11) is 0. The zero-order chi connectivity index (χ0) is 2.00. The molecule has 0 saturated heterocycles. The molecule has 573 valence electrons. The van der Waals surface area contributed by atoms with Gasteiger partial charge in [-0.15, -0.1) is 0 Å². The summed E-state index contributed by atoms with van der Waals surface area (Å²) in [5, 5.41) is 0. The molecule has 0 amide bonds. The summed E-state index contributed by atoms with van der Waals surface area (Å²) in [6.45, 7) is 4.08. The average molecular weight is 33600 g/mol. The van der Waals surface area contributed by atoms with Crippen LogP contribution in [0.1, 0.15) is 0 Å². The van der Waals surface area contributed by atoms with Gasteiger partial charge in [0.1, 0.15) is 0 Å². The molecule has 0 aliphatic heterocycles. The van der Waals surface area contributed by atoms with Crippen molar-refractivity contribution in [2.75, 3.05) is 0 Å². The van der Waals surface area contributed by atoms with Crippen LogP contribution in [0.3, 0.4) is 0 Å². The van der Waals surface area contributed by atoms with Crippen LogP contribution in [0.5, 0.6) is 0 Å². The normalized spacial score (nSPS) is 0.0210. The molecule has 0 N–H and O–H groups in total. The molecule has 0 spiro atoms. The van der Waals surface area contributed by atoms with Gasteiger partial charge in [0.15, 0.2) is 0 Å². The minimum Gasteiger partial charge on any atom is 0 e. The van der Waals surface area contributed by atoms with Crippen LogP contribution in [0, 0.1) is 4390 Å². The van der Waals surface area contributed by atoms with Crippen LogP contribution in [-0.4, -0.2) is 6.72 Å². The van der Waals surface area contributed by atoms with Crippen molar-refractivity contribution in [3.05, 3.63) is 0 Å². The molecule has 0 aromatic heterocycles. The Kier molecular flexibility index (Phi) is 8490. The first-order valence-electron chi connectivity index (χ1n) is 0.236. The first-order chi connectivity index (χ1) is 1.00. The summed E-state index contributed by atoms with van der Waals surface area (Å²) in [6, 6.07) is 0.